The largest absolute Gasteiger partial charge is 0.377 e. The Morgan fingerprint density at radius 3 is 1.50 bits per heavy atom. The Morgan fingerprint density at radius 1 is 0.575 bits per heavy atom. The third-order valence-corrected chi connectivity index (χ3v) is 9.06. The minimum Gasteiger partial charge on any atom is -0.377 e. The van der Waals surface area contributed by atoms with Crippen LogP contribution in [0.2, 0.25) is 0 Å². The number of fused-ring (bicyclic) bond motifs is 1. The zero-order chi connectivity index (χ0) is 27.5. The molecule has 0 aromatic heterocycles. The fraction of sp³-hybridized carbons (Fsp3) is 0.389. The molecule has 0 amide bonds. The lowest BCUT2D eigenvalue weighted by atomic mass is 9.77. The number of anilines is 3. The Bertz CT molecular complexity index is 1350. The lowest BCUT2D eigenvalue weighted by molar-refractivity contribution is 0.0598. The van der Waals surface area contributed by atoms with Crippen molar-refractivity contribution in [1.82, 2.24) is 0 Å². The van der Waals surface area contributed by atoms with Gasteiger partial charge < -0.3 is 19.4 Å². The van der Waals surface area contributed by atoms with Gasteiger partial charge in [0.2, 0.25) is 0 Å². The number of piperidine rings is 2. The van der Waals surface area contributed by atoms with Crippen LogP contribution in [0.25, 0.3) is 10.8 Å². The van der Waals surface area contributed by atoms with Gasteiger partial charge >= 0.3 is 0 Å². The average Bonchev–Trinajstić information content (AvgIpc) is 3.03. The van der Waals surface area contributed by atoms with E-state index in [9.17, 15) is 0 Å². The van der Waals surface area contributed by atoms with E-state index in [0.717, 1.165) is 37.3 Å². The molecule has 2 heterocycles. The van der Waals surface area contributed by atoms with Gasteiger partial charge in [0.25, 0.3) is 0 Å². The van der Waals surface area contributed by atoms with Gasteiger partial charge in [0.05, 0.1) is 0 Å². The van der Waals surface area contributed by atoms with E-state index in [2.05, 4.69) is 114 Å². The minimum atomic E-state index is -0.745. The van der Waals surface area contributed by atoms with Crippen LogP contribution in [0.15, 0.2) is 84.9 Å². The van der Waals surface area contributed by atoms with Crippen molar-refractivity contribution in [3.63, 3.8) is 0 Å². The maximum atomic E-state index is 6.73. The van der Waals surface area contributed by atoms with Crippen molar-refractivity contribution < 1.29 is 4.74 Å². The Labute approximate surface area is 240 Å². The van der Waals surface area contributed by atoms with E-state index in [4.69, 9.17) is 4.74 Å². The van der Waals surface area contributed by atoms with Crippen molar-refractivity contribution in [1.29, 1.82) is 0 Å². The van der Waals surface area contributed by atoms with Crippen LogP contribution >= 0.6 is 0 Å². The summed E-state index contributed by atoms with van der Waals surface area (Å²) in [5.41, 5.74) is 6.57. The van der Waals surface area contributed by atoms with Crippen molar-refractivity contribution in [3.05, 3.63) is 102 Å². The van der Waals surface area contributed by atoms with Crippen LogP contribution in [0.4, 0.5) is 17.1 Å². The van der Waals surface area contributed by atoms with E-state index in [-0.39, 0.29) is 0 Å². The topological polar surface area (TPSA) is 19.0 Å². The van der Waals surface area contributed by atoms with E-state index < -0.39 is 5.60 Å². The van der Waals surface area contributed by atoms with Gasteiger partial charge in [-0.2, -0.15) is 0 Å². The van der Waals surface area contributed by atoms with Gasteiger partial charge in [-0.1, -0.05) is 54.6 Å². The fourth-order valence-corrected chi connectivity index (χ4v) is 6.92. The van der Waals surface area contributed by atoms with Crippen LogP contribution in [0.3, 0.4) is 0 Å². The number of benzene rings is 4. The van der Waals surface area contributed by atoms with Crippen LogP contribution in [0, 0.1) is 0 Å². The summed E-state index contributed by atoms with van der Waals surface area (Å²) in [5, 5.41) is 2.46. The first-order valence-corrected chi connectivity index (χ1v) is 15.1. The van der Waals surface area contributed by atoms with Gasteiger partial charge in [0.1, 0.15) is 5.60 Å². The highest BCUT2D eigenvalue weighted by Gasteiger charge is 2.38. The Morgan fingerprint density at radius 2 is 1.05 bits per heavy atom. The molecule has 0 bridgehead atoms. The molecule has 208 valence electrons. The summed E-state index contributed by atoms with van der Waals surface area (Å²) in [5.74, 6) is 0. The maximum absolute atomic E-state index is 6.73. The van der Waals surface area contributed by atoms with Gasteiger partial charge in [-0.3, -0.25) is 0 Å². The highest BCUT2D eigenvalue weighted by molar-refractivity contribution is 5.97. The summed E-state index contributed by atoms with van der Waals surface area (Å²) in [7, 11) is 6.10. The van der Waals surface area contributed by atoms with Crippen molar-refractivity contribution in [2.75, 3.05) is 62.1 Å². The molecule has 6 rings (SSSR count). The number of hydrogen-bond donors (Lipinski definition) is 0. The Balaban J connectivity index is 1.51. The minimum absolute atomic E-state index is 0.745. The number of rotatable bonds is 7. The molecule has 4 aromatic rings. The second kappa shape index (κ2) is 11.5. The van der Waals surface area contributed by atoms with Gasteiger partial charge in [0.15, 0.2) is 0 Å². The third-order valence-electron chi connectivity index (χ3n) is 9.06. The summed E-state index contributed by atoms with van der Waals surface area (Å²) in [6, 6.07) is 31.6. The predicted octanol–water partition coefficient (Wildman–Crippen LogP) is 7.82. The third kappa shape index (κ3) is 4.83. The van der Waals surface area contributed by atoms with E-state index in [0.29, 0.717) is 0 Å². The van der Waals surface area contributed by atoms with E-state index in [1.54, 1.807) is 0 Å². The molecular formula is C36H43N3O. The smallest absolute Gasteiger partial charge is 0.143 e. The van der Waals surface area contributed by atoms with Crippen LogP contribution in [-0.4, -0.2) is 47.4 Å². The van der Waals surface area contributed by atoms with Crippen molar-refractivity contribution >= 4 is 27.8 Å². The molecule has 4 aromatic carbocycles. The highest BCUT2D eigenvalue weighted by Crippen LogP contribution is 2.45. The molecule has 0 saturated carbocycles. The molecule has 4 nitrogen and oxygen atoms in total. The van der Waals surface area contributed by atoms with Crippen LogP contribution in [0.1, 0.15) is 55.2 Å². The van der Waals surface area contributed by atoms with Gasteiger partial charge in [-0.05, 0) is 85.4 Å². The van der Waals surface area contributed by atoms with Crippen LogP contribution in [0.5, 0.6) is 0 Å². The molecule has 0 unspecified atom stereocenters. The van der Waals surface area contributed by atoms with E-state index in [1.165, 1.54) is 71.9 Å². The summed E-state index contributed by atoms with van der Waals surface area (Å²) < 4.78 is 6.73. The number of hydrogen-bond acceptors (Lipinski definition) is 4. The lowest BCUT2D eigenvalue weighted by Gasteiger charge is -2.37. The maximum Gasteiger partial charge on any atom is 0.143 e. The molecule has 0 atom stereocenters. The molecule has 0 aliphatic carbocycles. The summed E-state index contributed by atoms with van der Waals surface area (Å²) in [6.45, 7) is 4.57. The summed E-state index contributed by atoms with van der Waals surface area (Å²) in [4.78, 5) is 7.24. The zero-order valence-corrected chi connectivity index (χ0v) is 24.4. The summed E-state index contributed by atoms with van der Waals surface area (Å²) in [6.07, 6.45) is 7.78. The molecule has 2 aliphatic rings. The standard InChI is InChI=1S/C36H43N3O/c1-37(2)35-23-22-34(32-12-6-7-13-33(32)35)36(40-3,28-14-18-30(19-15-28)38-24-8-4-9-25-38)29-16-20-31(21-17-29)39-26-10-5-11-27-39/h6-7,12-23H,4-5,8-11,24-27H2,1-3H3. The molecule has 0 spiro atoms. The molecule has 0 radical (unpaired) electrons. The second-order valence-corrected chi connectivity index (χ2v) is 11.6. The zero-order valence-electron chi connectivity index (χ0n) is 24.4. The van der Waals surface area contributed by atoms with Crippen molar-refractivity contribution in [2.45, 2.75) is 44.1 Å². The number of nitrogens with zero attached hydrogens (tertiary/aromatic N) is 3. The molecule has 0 N–H and O–H groups in total. The van der Waals surface area contributed by atoms with Crippen LogP contribution in [-0.2, 0) is 10.3 Å². The van der Waals surface area contributed by atoms with Gasteiger partial charge in [-0.25, -0.2) is 0 Å². The highest BCUT2D eigenvalue weighted by atomic mass is 16.5. The molecule has 2 fully saturated rings. The molecule has 40 heavy (non-hydrogen) atoms. The summed E-state index contributed by atoms with van der Waals surface area (Å²) >= 11 is 0. The first-order valence-electron chi connectivity index (χ1n) is 15.1. The van der Waals surface area contributed by atoms with E-state index in [1.807, 2.05) is 7.11 Å². The predicted molar refractivity (Wildman–Crippen MR) is 170 cm³/mol. The normalized spacial score (nSPS) is 16.4. The average molecular weight is 534 g/mol. The van der Waals surface area contributed by atoms with Crippen LogP contribution < -0.4 is 14.7 Å². The molecular weight excluding hydrogens is 490 g/mol. The first-order chi connectivity index (χ1) is 19.6. The molecule has 2 saturated heterocycles. The van der Waals surface area contributed by atoms with E-state index >= 15 is 0 Å². The number of methoxy groups -OCH3 is 1. The molecule has 4 heteroatoms. The first kappa shape index (κ1) is 26.7. The van der Waals surface area contributed by atoms with Gasteiger partial charge in [0, 0.05) is 75.4 Å². The fourth-order valence-electron chi connectivity index (χ4n) is 6.92. The lowest BCUT2D eigenvalue weighted by Crippen LogP contribution is -2.33. The Hall–Kier alpha value is -3.50. The number of ether oxygens (including phenoxy) is 1. The Kier molecular flexibility index (Phi) is 7.71. The molecule has 2 aliphatic heterocycles. The quantitative estimate of drug-likeness (QED) is 0.225. The van der Waals surface area contributed by atoms with Crippen molar-refractivity contribution in [2.24, 2.45) is 0 Å². The van der Waals surface area contributed by atoms with Crippen molar-refractivity contribution in [3.8, 4) is 0 Å². The SMILES string of the molecule is COC(c1ccc(N2CCCCC2)cc1)(c1ccc(N2CCCCC2)cc1)c1ccc(N(C)C)c2ccccc12. The monoisotopic (exact) mass is 533 g/mol. The second-order valence-electron chi connectivity index (χ2n) is 11.6. The van der Waals surface area contributed by atoms with Gasteiger partial charge in [-0.15, -0.1) is 0 Å².